The van der Waals surface area contributed by atoms with Gasteiger partial charge in [-0.05, 0) is 23.1 Å². The first-order chi connectivity index (χ1) is 15.8. The molecule has 5 heteroatoms. The van der Waals surface area contributed by atoms with E-state index in [2.05, 4.69) is 74.5 Å². The molecule has 3 aromatic carbocycles. The number of nitrogens with zero attached hydrogens (tertiary/aromatic N) is 1. The van der Waals surface area contributed by atoms with E-state index in [-0.39, 0.29) is 37.1 Å². The zero-order chi connectivity index (χ0) is 23.6. The van der Waals surface area contributed by atoms with Gasteiger partial charge in [0.15, 0.2) is 5.78 Å². The van der Waals surface area contributed by atoms with Gasteiger partial charge >= 0.3 is 0 Å². The Morgan fingerprint density at radius 3 is 2.44 bits per heavy atom. The molecule has 3 nitrogen and oxygen atoms in total. The van der Waals surface area contributed by atoms with Crippen molar-refractivity contribution in [3.05, 3.63) is 89.7 Å². The van der Waals surface area contributed by atoms with E-state index >= 15 is 0 Å². The summed E-state index contributed by atoms with van der Waals surface area (Å²) in [5.74, 6) is 0.149. The van der Waals surface area contributed by atoms with E-state index in [0.29, 0.717) is 12.8 Å². The van der Waals surface area contributed by atoms with Gasteiger partial charge in [-0.1, -0.05) is 75.2 Å². The van der Waals surface area contributed by atoms with Gasteiger partial charge in [-0.3, -0.25) is 9.78 Å². The van der Waals surface area contributed by atoms with Gasteiger partial charge in [0.05, 0.1) is 11.3 Å². The quantitative estimate of drug-likeness (QED) is 0.139. The molecule has 0 amide bonds. The summed E-state index contributed by atoms with van der Waals surface area (Å²) in [6, 6.07) is 24.9. The molecule has 0 aliphatic heterocycles. The van der Waals surface area contributed by atoms with E-state index in [1.54, 1.807) is 25.2 Å². The summed E-state index contributed by atoms with van der Waals surface area (Å²) < 4.78 is 1.23. The third-order valence-corrected chi connectivity index (χ3v) is 7.15. The minimum atomic E-state index is -0.0191. The van der Waals surface area contributed by atoms with Crippen LogP contribution >= 0.6 is 11.3 Å². The van der Waals surface area contributed by atoms with Crippen LogP contribution < -0.4 is 0 Å². The van der Waals surface area contributed by atoms with Gasteiger partial charge in [0.25, 0.3) is 0 Å². The Morgan fingerprint density at radius 1 is 1.03 bits per heavy atom. The van der Waals surface area contributed by atoms with Crippen LogP contribution in [0.15, 0.2) is 72.5 Å². The molecular formula is C29H28IrNO2S-. The maximum atomic E-state index is 10.5. The second-order valence-electron chi connectivity index (χ2n) is 8.64. The van der Waals surface area contributed by atoms with Crippen molar-refractivity contribution in [2.45, 2.75) is 46.0 Å². The zero-order valence-corrected chi connectivity index (χ0v) is 23.0. The fourth-order valence-electron chi connectivity index (χ4n) is 4.14. The molecule has 1 radical (unpaired) electrons. The van der Waals surface area contributed by atoms with E-state index in [1.165, 1.54) is 33.0 Å². The van der Waals surface area contributed by atoms with E-state index in [9.17, 15) is 4.79 Å². The minimum Gasteiger partial charge on any atom is -0.512 e. The topological polar surface area (TPSA) is 50.2 Å². The summed E-state index contributed by atoms with van der Waals surface area (Å²) >= 11 is 1.74. The molecule has 0 saturated heterocycles. The number of hydrogen-bond acceptors (Lipinski definition) is 4. The van der Waals surface area contributed by atoms with Gasteiger partial charge in [0.1, 0.15) is 0 Å². The van der Waals surface area contributed by atoms with Crippen LogP contribution in [-0.4, -0.2) is 15.9 Å². The van der Waals surface area contributed by atoms with Crippen molar-refractivity contribution in [2.75, 3.05) is 0 Å². The molecule has 0 bridgehead atoms. The number of allylic oxidation sites excluding steroid dienone is 2. The average molecular weight is 647 g/mol. The molecule has 1 aromatic heterocycles. The molecule has 0 unspecified atom stereocenters. The minimum absolute atomic E-state index is 0. The van der Waals surface area contributed by atoms with Crippen LogP contribution in [0.25, 0.3) is 31.9 Å². The van der Waals surface area contributed by atoms with Gasteiger partial charge in [-0.15, -0.1) is 29.3 Å². The molecule has 0 fully saturated rings. The maximum Gasteiger partial charge on any atom is 0.158 e. The summed E-state index contributed by atoms with van der Waals surface area (Å²) in [6.07, 6.45) is 2.27. The monoisotopic (exact) mass is 647 g/mol. The largest absolute Gasteiger partial charge is 0.512 e. The molecule has 1 aliphatic rings. The normalized spacial score (nSPS) is 13.4. The first-order valence-electron chi connectivity index (χ1n) is 11.3. The van der Waals surface area contributed by atoms with E-state index in [1.807, 2.05) is 6.07 Å². The van der Waals surface area contributed by atoms with Gasteiger partial charge in [-0.2, -0.15) is 11.3 Å². The number of ketones is 1. The number of benzene rings is 3. The molecule has 0 atom stereocenters. The SMILES string of the molecule is CC1(C)c2ccccc2-c2c[c-]c(-c3nc4ccccc4s3)cc21.CCC(=O)/C=C(\O)CC.[Ir]. The Kier molecular flexibility index (Phi) is 8.25. The molecule has 34 heavy (non-hydrogen) atoms. The van der Waals surface area contributed by atoms with Crippen molar-refractivity contribution in [3.63, 3.8) is 0 Å². The number of fused-ring (bicyclic) bond motifs is 4. The van der Waals surface area contributed by atoms with Crippen molar-refractivity contribution < 1.29 is 30.0 Å². The summed E-state index contributed by atoms with van der Waals surface area (Å²) in [6.45, 7) is 8.18. The Hall–Kier alpha value is -2.59. The molecule has 5 rings (SSSR count). The predicted molar refractivity (Wildman–Crippen MR) is 138 cm³/mol. The summed E-state index contributed by atoms with van der Waals surface area (Å²) in [4.78, 5) is 15.3. The number of carbonyl (C=O) groups is 1. The molecule has 1 N–H and O–H groups in total. The van der Waals surface area contributed by atoms with E-state index in [4.69, 9.17) is 10.1 Å². The van der Waals surface area contributed by atoms with Crippen molar-refractivity contribution in [3.8, 4) is 21.7 Å². The smallest absolute Gasteiger partial charge is 0.158 e. The van der Waals surface area contributed by atoms with Crippen LogP contribution in [0, 0.1) is 6.07 Å². The summed E-state index contributed by atoms with van der Waals surface area (Å²) in [5.41, 5.74) is 7.59. The fourth-order valence-corrected chi connectivity index (χ4v) is 5.09. The summed E-state index contributed by atoms with van der Waals surface area (Å²) in [5, 5.41) is 9.85. The standard InChI is InChI=1S/C22H16NS.C7H12O2.Ir/c1-22(2)17-8-4-3-7-15(17)16-12-11-14(13-18(16)22)21-23-19-9-5-6-10-20(19)24-21;1-3-6(8)5-7(9)4-2;/h3-10,12-13H,1-2H3;5,8H,3-4H2,1-2H3;/q-1;;/b;6-5-;. The summed E-state index contributed by atoms with van der Waals surface area (Å²) in [7, 11) is 0. The number of aromatic nitrogens is 1. The number of aliphatic hydroxyl groups is 1. The molecular weight excluding hydrogens is 619 g/mol. The van der Waals surface area contributed by atoms with Crippen molar-refractivity contribution >= 4 is 27.3 Å². The van der Waals surface area contributed by atoms with Crippen LogP contribution in [0.3, 0.4) is 0 Å². The first kappa shape index (κ1) is 26.0. The van der Waals surface area contributed by atoms with Gasteiger partial charge in [0.2, 0.25) is 0 Å². The fraction of sp³-hybridized carbons (Fsp3) is 0.241. The van der Waals surface area contributed by atoms with Gasteiger partial charge < -0.3 is 5.11 Å². The second kappa shape index (κ2) is 10.8. The average Bonchev–Trinajstić information content (AvgIpc) is 3.37. The molecule has 0 saturated carbocycles. The molecule has 1 heterocycles. The number of aliphatic hydroxyl groups excluding tert-OH is 1. The van der Waals surface area contributed by atoms with Crippen molar-refractivity contribution in [1.29, 1.82) is 0 Å². The van der Waals surface area contributed by atoms with Crippen molar-refractivity contribution in [2.24, 2.45) is 0 Å². The zero-order valence-electron chi connectivity index (χ0n) is 19.8. The first-order valence-corrected chi connectivity index (χ1v) is 12.1. The Bertz CT molecular complexity index is 1320. The number of thiazole rings is 1. The van der Waals surface area contributed by atoms with Crippen molar-refractivity contribution in [1.82, 2.24) is 4.98 Å². The Balaban J connectivity index is 0.000000281. The van der Waals surface area contributed by atoms with Crippen LogP contribution in [0.1, 0.15) is 51.7 Å². The number of hydrogen-bond donors (Lipinski definition) is 1. The number of carbonyl (C=O) groups excluding carboxylic acids is 1. The van der Waals surface area contributed by atoms with Crippen LogP contribution in [0.4, 0.5) is 0 Å². The second-order valence-corrected chi connectivity index (χ2v) is 9.67. The Labute approximate surface area is 218 Å². The third kappa shape index (κ3) is 5.07. The number of para-hydroxylation sites is 1. The predicted octanol–water partition coefficient (Wildman–Crippen LogP) is 7.88. The molecule has 177 valence electrons. The molecule has 1 aliphatic carbocycles. The van der Waals surface area contributed by atoms with E-state index in [0.717, 1.165) is 16.1 Å². The molecule has 0 spiro atoms. The van der Waals surface area contributed by atoms with Crippen LogP contribution in [0.5, 0.6) is 0 Å². The van der Waals surface area contributed by atoms with Crippen LogP contribution in [-0.2, 0) is 30.3 Å². The van der Waals surface area contributed by atoms with Gasteiger partial charge in [-0.25, -0.2) is 0 Å². The Morgan fingerprint density at radius 2 is 1.74 bits per heavy atom. The van der Waals surface area contributed by atoms with Gasteiger partial charge in [0, 0.05) is 48.7 Å². The third-order valence-electron chi connectivity index (χ3n) is 6.08. The molecule has 4 aromatic rings. The number of rotatable bonds is 4. The maximum absolute atomic E-state index is 10.5. The van der Waals surface area contributed by atoms with E-state index < -0.39 is 0 Å². The van der Waals surface area contributed by atoms with Crippen LogP contribution in [0.2, 0.25) is 0 Å².